The Hall–Kier alpha value is -4.20. The predicted molar refractivity (Wildman–Crippen MR) is 130 cm³/mol. The van der Waals surface area contributed by atoms with Crippen LogP contribution in [0.25, 0.3) is 11.1 Å². The lowest BCUT2D eigenvalue weighted by Gasteiger charge is -2.17. The fraction of sp³-hybridized carbons (Fsp3) is 0.192. The second-order valence-corrected chi connectivity index (χ2v) is 7.79. The summed E-state index contributed by atoms with van der Waals surface area (Å²) in [5.74, 6) is -0.369. The van der Waals surface area contributed by atoms with Crippen molar-refractivity contribution < 1.29 is 18.7 Å². The summed E-state index contributed by atoms with van der Waals surface area (Å²) < 4.78 is 21.3. The third-order valence-electron chi connectivity index (χ3n) is 5.15. The van der Waals surface area contributed by atoms with Gasteiger partial charge in [-0.2, -0.15) is 0 Å². The average Bonchev–Trinajstić information content (AvgIpc) is 2.78. The maximum absolute atomic E-state index is 13.8. The first-order chi connectivity index (χ1) is 16.1. The maximum Gasteiger partial charge on any atom is 0.263 e. The fourth-order valence-corrected chi connectivity index (χ4v) is 3.56. The van der Waals surface area contributed by atoms with E-state index < -0.39 is 17.4 Å². The van der Waals surface area contributed by atoms with Crippen molar-refractivity contribution in [1.29, 1.82) is 0 Å². The van der Waals surface area contributed by atoms with Gasteiger partial charge in [-0.1, -0.05) is 6.58 Å². The van der Waals surface area contributed by atoms with Crippen molar-refractivity contribution in [3.05, 3.63) is 88.1 Å². The molecule has 0 aliphatic carbocycles. The number of nitrogens with zero attached hydrogens (tertiary/aromatic N) is 1. The summed E-state index contributed by atoms with van der Waals surface area (Å²) in [7, 11) is 1.55. The van der Waals surface area contributed by atoms with Crippen LogP contribution in [-0.4, -0.2) is 22.9 Å². The number of rotatable bonds is 7. The Morgan fingerprint density at radius 2 is 1.82 bits per heavy atom. The van der Waals surface area contributed by atoms with Gasteiger partial charge in [0.25, 0.3) is 11.5 Å². The molecule has 0 saturated heterocycles. The van der Waals surface area contributed by atoms with Gasteiger partial charge in [-0.25, -0.2) is 4.39 Å². The lowest BCUT2D eigenvalue weighted by molar-refractivity contribution is -0.111. The van der Waals surface area contributed by atoms with Gasteiger partial charge in [0.05, 0.1) is 0 Å². The number of nitrogens with one attached hydrogen (secondary N) is 2. The Morgan fingerprint density at radius 1 is 1.15 bits per heavy atom. The normalized spacial score (nSPS) is 10.5. The van der Waals surface area contributed by atoms with Gasteiger partial charge in [-0.05, 0) is 74.4 Å². The molecule has 8 heteroatoms. The van der Waals surface area contributed by atoms with Crippen LogP contribution in [-0.2, 0) is 11.8 Å². The molecule has 3 aromatic rings. The molecule has 34 heavy (non-hydrogen) atoms. The van der Waals surface area contributed by atoms with Crippen molar-refractivity contribution in [3.63, 3.8) is 0 Å². The molecule has 0 aliphatic heterocycles. The zero-order valence-electron chi connectivity index (χ0n) is 19.5. The van der Waals surface area contributed by atoms with Gasteiger partial charge < -0.3 is 19.9 Å². The lowest BCUT2D eigenvalue weighted by atomic mass is 10.0. The Bertz CT molecular complexity index is 1320. The number of hydrogen-bond acceptors (Lipinski definition) is 4. The van der Waals surface area contributed by atoms with Crippen molar-refractivity contribution in [1.82, 2.24) is 9.88 Å². The molecule has 0 aliphatic rings. The molecule has 1 heterocycles. The summed E-state index contributed by atoms with van der Waals surface area (Å²) in [5, 5.41) is 5.34. The van der Waals surface area contributed by atoms with Crippen LogP contribution in [0.2, 0.25) is 0 Å². The van der Waals surface area contributed by atoms with Crippen LogP contribution in [0.15, 0.2) is 60.0 Å². The first kappa shape index (κ1) is 24.4. The standard InChI is InChI=1S/C26H26FN3O4/c1-6-23(31)29-19-8-9-22(34-24-15(3)10-18(27)11-16(24)4)20(13-19)17-12-21(25(32)28-7-2)26(33)30(5)14-17/h6,8-14H,1,7H2,2-5H3,(H,28,32)(H,29,31). The van der Waals surface area contributed by atoms with Gasteiger partial charge in [-0.15, -0.1) is 0 Å². The highest BCUT2D eigenvalue weighted by molar-refractivity contribution is 5.99. The third-order valence-corrected chi connectivity index (χ3v) is 5.15. The van der Waals surface area contributed by atoms with E-state index >= 15 is 0 Å². The predicted octanol–water partition coefficient (Wildman–Crippen LogP) is 4.47. The highest BCUT2D eigenvalue weighted by Gasteiger charge is 2.18. The zero-order valence-corrected chi connectivity index (χ0v) is 19.5. The number of carbonyl (C=O) groups excluding carboxylic acids is 2. The number of halogens is 1. The molecule has 2 aromatic carbocycles. The van der Waals surface area contributed by atoms with E-state index in [0.29, 0.717) is 46.0 Å². The smallest absolute Gasteiger partial charge is 0.263 e. The summed E-state index contributed by atoms with van der Waals surface area (Å²) in [6.45, 7) is 9.06. The topological polar surface area (TPSA) is 89.4 Å². The van der Waals surface area contributed by atoms with Crippen molar-refractivity contribution >= 4 is 17.5 Å². The van der Waals surface area contributed by atoms with E-state index in [0.717, 1.165) is 6.08 Å². The van der Waals surface area contributed by atoms with Crippen molar-refractivity contribution in [3.8, 4) is 22.6 Å². The molecule has 1 aromatic heterocycles. The monoisotopic (exact) mass is 463 g/mol. The van der Waals surface area contributed by atoms with Gasteiger partial charge in [0.15, 0.2) is 0 Å². The fourth-order valence-electron chi connectivity index (χ4n) is 3.56. The minimum Gasteiger partial charge on any atom is -0.456 e. The van der Waals surface area contributed by atoms with E-state index in [2.05, 4.69) is 17.2 Å². The van der Waals surface area contributed by atoms with Crippen LogP contribution in [0.1, 0.15) is 28.4 Å². The molecule has 3 rings (SSSR count). The summed E-state index contributed by atoms with van der Waals surface area (Å²) in [6, 6.07) is 9.22. The highest BCUT2D eigenvalue weighted by atomic mass is 19.1. The van der Waals surface area contributed by atoms with E-state index in [4.69, 9.17) is 4.74 Å². The van der Waals surface area contributed by atoms with Crippen LogP contribution in [0.5, 0.6) is 11.5 Å². The molecule has 0 fully saturated rings. The quantitative estimate of drug-likeness (QED) is 0.506. The van der Waals surface area contributed by atoms with Crippen molar-refractivity contribution in [2.75, 3.05) is 11.9 Å². The van der Waals surface area contributed by atoms with E-state index in [-0.39, 0.29) is 11.4 Å². The summed E-state index contributed by atoms with van der Waals surface area (Å²) >= 11 is 0. The van der Waals surface area contributed by atoms with Gasteiger partial charge in [0, 0.05) is 36.6 Å². The van der Waals surface area contributed by atoms with Crippen LogP contribution >= 0.6 is 0 Å². The number of benzene rings is 2. The van der Waals surface area contributed by atoms with E-state index in [1.54, 1.807) is 52.2 Å². The third kappa shape index (κ3) is 5.23. The number of hydrogen-bond donors (Lipinski definition) is 2. The molecule has 7 nitrogen and oxygen atoms in total. The average molecular weight is 464 g/mol. The molecule has 2 N–H and O–H groups in total. The minimum atomic E-state index is -0.492. The molecule has 0 atom stereocenters. The SMILES string of the molecule is C=CC(=O)Nc1ccc(Oc2c(C)cc(F)cc2C)c(-c2cc(C(=O)NCC)c(=O)n(C)c2)c1. The van der Waals surface area contributed by atoms with Crippen LogP contribution < -0.4 is 20.9 Å². The molecular weight excluding hydrogens is 437 g/mol. The second kappa shape index (κ2) is 10.2. The number of amides is 2. The number of ether oxygens (including phenoxy) is 1. The number of pyridine rings is 1. The Kier molecular flexibility index (Phi) is 7.31. The van der Waals surface area contributed by atoms with Crippen LogP contribution in [0, 0.1) is 19.7 Å². The summed E-state index contributed by atoms with van der Waals surface area (Å²) in [6.07, 6.45) is 2.73. The van der Waals surface area contributed by atoms with Gasteiger partial charge in [0.2, 0.25) is 5.91 Å². The molecule has 2 amide bonds. The zero-order chi connectivity index (χ0) is 25.0. The number of aromatic nitrogens is 1. The highest BCUT2D eigenvalue weighted by Crippen LogP contribution is 2.38. The van der Waals surface area contributed by atoms with Crippen LogP contribution in [0.3, 0.4) is 0 Å². The number of anilines is 1. The van der Waals surface area contributed by atoms with E-state index in [1.165, 1.54) is 22.8 Å². The van der Waals surface area contributed by atoms with Crippen molar-refractivity contribution in [2.24, 2.45) is 7.05 Å². The first-order valence-electron chi connectivity index (χ1n) is 10.7. The molecule has 0 unspecified atom stereocenters. The summed E-state index contributed by atoms with van der Waals surface area (Å²) in [4.78, 5) is 36.9. The molecular formula is C26H26FN3O4. The van der Waals surface area contributed by atoms with E-state index in [9.17, 15) is 18.8 Å². The number of aryl methyl sites for hydroxylation is 3. The molecule has 176 valence electrons. The Balaban J connectivity index is 2.21. The van der Waals surface area contributed by atoms with Gasteiger partial charge >= 0.3 is 0 Å². The van der Waals surface area contributed by atoms with Gasteiger partial charge in [0.1, 0.15) is 22.9 Å². The maximum atomic E-state index is 13.8. The van der Waals surface area contributed by atoms with Crippen molar-refractivity contribution in [2.45, 2.75) is 20.8 Å². The molecule has 0 bridgehead atoms. The Morgan fingerprint density at radius 3 is 2.44 bits per heavy atom. The second-order valence-electron chi connectivity index (χ2n) is 7.79. The number of carbonyl (C=O) groups is 2. The van der Waals surface area contributed by atoms with Crippen LogP contribution in [0.4, 0.5) is 10.1 Å². The molecule has 0 saturated carbocycles. The summed E-state index contributed by atoms with van der Waals surface area (Å²) in [5.41, 5.74) is 2.25. The van der Waals surface area contributed by atoms with E-state index in [1.807, 2.05) is 0 Å². The minimum absolute atomic E-state index is 0.0255. The van der Waals surface area contributed by atoms with Gasteiger partial charge in [-0.3, -0.25) is 14.4 Å². The molecule has 0 spiro atoms. The largest absolute Gasteiger partial charge is 0.456 e. The Labute approximate surface area is 196 Å². The lowest BCUT2D eigenvalue weighted by Crippen LogP contribution is -2.32. The molecule has 0 radical (unpaired) electrons. The first-order valence-corrected chi connectivity index (χ1v) is 10.7.